The van der Waals surface area contributed by atoms with Gasteiger partial charge in [0, 0.05) is 24.8 Å². The van der Waals surface area contributed by atoms with E-state index in [2.05, 4.69) is 0 Å². The van der Waals surface area contributed by atoms with Gasteiger partial charge in [0.15, 0.2) is 0 Å². The monoisotopic (exact) mass is 273 g/mol. The Morgan fingerprint density at radius 3 is 2.50 bits per heavy atom. The first-order valence-electron chi connectivity index (χ1n) is 6.32. The summed E-state index contributed by atoms with van der Waals surface area (Å²) in [6.45, 7) is 0.594. The van der Waals surface area contributed by atoms with E-state index in [-0.39, 0.29) is 12.0 Å². The first-order valence-corrected chi connectivity index (χ1v) is 6.32. The summed E-state index contributed by atoms with van der Waals surface area (Å²) in [5.74, 6) is -1.52. The van der Waals surface area contributed by atoms with Gasteiger partial charge >= 0.3 is 5.97 Å². The molecule has 0 unspecified atom stereocenters. The van der Waals surface area contributed by atoms with Gasteiger partial charge in [0.2, 0.25) is 0 Å². The molecule has 0 fully saturated rings. The maximum absolute atomic E-state index is 13.8. The number of hydrogen-bond donors (Lipinski definition) is 1. The van der Waals surface area contributed by atoms with Gasteiger partial charge in [0.05, 0.1) is 6.42 Å². The molecular formula is C16H16FNO2. The first-order chi connectivity index (χ1) is 9.58. The molecule has 0 bridgehead atoms. The Bertz CT molecular complexity index is 599. The zero-order valence-corrected chi connectivity index (χ0v) is 11.2. The maximum atomic E-state index is 13.8. The highest BCUT2D eigenvalue weighted by atomic mass is 19.1. The lowest BCUT2D eigenvalue weighted by Gasteiger charge is -2.22. The van der Waals surface area contributed by atoms with Gasteiger partial charge in [-0.1, -0.05) is 36.4 Å². The summed E-state index contributed by atoms with van der Waals surface area (Å²) in [5, 5.41) is 8.90. The molecule has 0 spiro atoms. The summed E-state index contributed by atoms with van der Waals surface area (Å²) in [6, 6.07) is 14.4. The highest BCUT2D eigenvalue weighted by molar-refractivity contribution is 5.73. The molecule has 0 saturated carbocycles. The third-order valence-corrected chi connectivity index (χ3v) is 3.10. The Balaban J connectivity index is 2.27. The van der Waals surface area contributed by atoms with E-state index in [1.165, 1.54) is 6.07 Å². The molecule has 4 heteroatoms. The van der Waals surface area contributed by atoms with Crippen molar-refractivity contribution < 1.29 is 14.3 Å². The van der Waals surface area contributed by atoms with Gasteiger partial charge in [0.25, 0.3) is 0 Å². The van der Waals surface area contributed by atoms with Crippen molar-refractivity contribution in [1.29, 1.82) is 0 Å². The van der Waals surface area contributed by atoms with Crippen LogP contribution in [0.2, 0.25) is 0 Å². The topological polar surface area (TPSA) is 40.5 Å². The Morgan fingerprint density at radius 2 is 1.85 bits per heavy atom. The summed E-state index contributed by atoms with van der Waals surface area (Å²) < 4.78 is 13.8. The van der Waals surface area contributed by atoms with Gasteiger partial charge in [-0.15, -0.1) is 0 Å². The van der Waals surface area contributed by atoms with Crippen LogP contribution in [0.15, 0.2) is 48.5 Å². The van der Waals surface area contributed by atoms with E-state index in [1.807, 2.05) is 42.3 Å². The van der Waals surface area contributed by atoms with Crippen molar-refractivity contribution in [3.63, 3.8) is 0 Å². The van der Waals surface area contributed by atoms with Crippen LogP contribution in [-0.2, 0) is 17.8 Å². The zero-order chi connectivity index (χ0) is 14.5. The second-order valence-corrected chi connectivity index (χ2v) is 4.65. The van der Waals surface area contributed by atoms with Crippen molar-refractivity contribution in [3.05, 3.63) is 65.5 Å². The summed E-state index contributed by atoms with van der Waals surface area (Å²) in [7, 11) is 1.83. The van der Waals surface area contributed by atoms with Crippen LogP contribution < -0.4 is 4.90 Å². The lowest BCUT2D eigenvalue weighted by molar-refractivity contribution is -0.136. The molecule has 0 saturated heterocycles. The second-order valence-electron chi connectivity index (χ2n) is 4.65. The molecule has 0 amide bonds. The Hall–Kier alpha value is -2.36. The zero-order valence-electron chi connectivity index (χ0n) is 11.2. The van der Waals surface area contributed by atoms with Gasteiger partial charge in [0.1, 0.15) is 5.82 Å². The maximum Gasteiger partial charge on any atom is 0.308 e. The summed E-state index contributed by atoms with van der Waals surface area (Å²) >= 11 is 0. The molecule has 0 atom stereocenters. The van der Waals surface area contributed by atoms with Crippen LogP contribution in [0.25, 0.3) is 0 Å². The third-order valence-electron chi connectivity index (χ3n) is 3.10. The van der Waals surface area contributed by atoms with Crippen molar-refractivity contribution in [1.82, 2.24) is 0 Å². The third kappa shape index (κ3) is 3.35. The Labute approximate surface area is 117 Å². The Kier molecular flexibility index (Phi) is 4.35. The normalized spacial score (nSPS) is 10.3. The number of nitrogens with zero attached hydrogens (tertiary/aromatic N) is 1. The van der Waals surface area contributed by atoms with Crippen molar-refractivity contribution >= 4 is 11.7 Å². The van der Waals surface area contributed by atoms with Gasteiger partial charge in [-0.3, -0.25) is 4.79 Å². The molecule has 0 heterocycles. The Morgan fingerprint density at radius 1 is 1.15 bits per heavy atom. The first kappa shape index (κ1) is 14.1. The number of halogens is 1. The molecule has 0 aliphatic rings. The lowest BCUT2D eigenvalue weighted by atomic mass is 10.1. The minimum atomic E-state index is -1.04. The van der Waals surface area contributed by atoms with Crippen molar-refractivity contribution in [2.24, 2.45) is 0 Å². The molecule has 1 N–H and O–H groups in total. The van der Waals surface area contributed by atoms with Gasteiger partial charge in [-0.05, 0) is 17.7 Å². The smallest absolute Gasteiger partial charge is 0.308 e. The molecule has 2 aromatic rings. The number of anilines is 1. The van der Waals surface area contributed by atoms with E-state index in [9.17, 15) is 9.18 Å². The number of hydrogen-bond acceptors (Lipinski definition) is 2. The van der Waals surface area contributed by atoms with E-state index in [1.54, 1.807) is 12.1 Å². The highest BCUT2D eigenvalue weighted by Gasteiger charge is 2.15. The van der Waals surface area contributed by atoms with Crippen molar-refractivity contribution in [2.75, 3.05) is 11.9 Å². The number of rotatable bonds is 5. The minimum absolute atomic E-state index is 0.221. The van der Waals surface area contributed by atoms with Crippen LogP contribution in [0.4, 0.5) is 10.1 Å². The standard InChI is InChI=1S/C16H16FNO2/c1-18(11-12-6-3-2-4-7-12)15-9-5-8-14(17)13(15)10-16(19)20/h2-9H,10-11H2,1H3,(H,19,20). The van der Waals surface area contributed by atoms with Crippen LogP contribution in [0, 0.1) is 5.82 Å². The van der Waals surface area contributed by atoms with Crippen molar-refractivity contribution in [3.8, 4) is 0 Å². The van der Waals surface area contributed by atoms with Crippen molar-refractivity contribution in [2.45, 2.75) is 13.0 Å². The fraction of sp³-hybridized carbons (Fsp3) is 0.188. The fourth-order valence-electron chi connectivity index (χ4n) is 2.17. The molecule has 2 rings (SSSR count). The van der Waals surface area contributed by atoms with Gasteiger partial charge < -0.3 is 10.0 Å². The molecule has 0 aliphatic heterocycles. The molecule has 0 aliphatic carbocycles. The number of carboxylic acids is 1. The second kappa shape index (κ2) is 6.19. The number of carbonyl (C=O) groups is 1. The highest BCUT2D eigenvalue weighted by Crippen LogP contribution is 2.24. The number of carboxylic acid groups (broad SMARTS) is 1. The molecule has 2 aromatic carbocycles. The van der Waals surface area contributed by atoms with Crippen LogP contribution >= 0.6 is 0 Å². The van der Waals surface area contributed by atoms with Crippen LogP contribution in [0.3, 0.4) is 0 Å². The molecule has 0 radical (unpaired) electrons. The molecule has 104 valence electrons. The summed E-state index contributed by atoms with van der Waals surface area (Å²) in [5.41, 5.74) is 1.91. The lowest BCUT2D eigenvalue weighted by Crippen LogP contribution is -2.19. The number of benzene rings is 2. The van der Waals surface area contributed by atoms with Crippen LogP contribution in [-0.4, -0.2) is 18.1 Å². The van der Waals surface area contributed by atoms with Gasteiger partial charge in [-0.2, -0.15) is 0 Å². The minimum Gasteiger partial charge on any atom is -0.481 e. The van der Waals surface area contributed by atoms with Crippen LogP contribution in [0.1, 0.15) is 11.1 Å². The molecule has 3 nitrogen and oxygen atoms in total. The fourth-order valence-corrected chi connectivity index (χ4v) is 2.17. The van der Waals surface area contributed by atoms with Crippen LogP contribution in [0.5, 0.6) is 0 Å². The summed E-state index contributed by atoms with van der Waals surface area (Å²) in [4.78, 5) is 12.7. The largest absolute Gasteiger partial charge is 0.481 e. The average Bonchev–Trinajstić information content (AvgIpc) is 2.41. The van der Waals surface area contributed by atoms with E-state index < -0.39 is 11.8 Å². The summed E-state index contributed by atoms with van der Waals surface area (Å²) in [6.07, 6.45) is -0.318. The average molecular weight is 273 g/mol. The SMILES string of the molecule is CN(Cc1ccccc1)c1cccc(F)c1CC(=O)O. The quantitative estimate of drug-likeness (QED) is 0.910. The molecule has 0 aromatic heterocycles. The van der Waals surface area contributed by atoms with E-state index in [4.69, 9.17) is 5.11 Å². The molecule has 20 heavy (non-hydrogen) atoms. The van der Waals surface area contributed by atoms with E-state index in [0.29, 0.717) is 12.2 Å². The van der Waals surface area contributed by atoms with Gasteiger partial charge in [-0.25, -0.2) is 4.39 Å². The predicted molar refractivity (Wildman–Crippen MR) is 76.3 cm³/mol. The van der Waals surface area contributed by atoms with E-state index >= 15 is 0 Å². The predicted octanol–water partition coefficient (Wildman–Crippen LogP) is 3.09. The number of aliphatic carboxylic acids is 1. The van der Waals surface area contributed by atoms with E-state index in [0.717, 1.165) is 5.56 Å². The molecular weight excluding hydrogens is 257 g/mol.